The molecule has 132 valence electrons. The molecular weight excluding hydrogens is 407 g/mol. The van der Waals surface area contributed by atoms with Gasteiger partial charge >= 0.3 is 0 Å². The Morgan fingerprint density at radius 3 is 2.50 bits per heavy atom. The zero-order valence-electron chi connectivity index (χ0n) is 14.7. The van der Waals surface area contributed by atoms with Gasteiger partial charge in [0.25, 0.3) is 0 Å². The molecule has 0 aromatic heterocycles. The average Bonchev–Trinajstić information content (AvgIpc) is 2.97. The fraction of sp³-hybridized carbons (Fsp3) is 0.938. The highest BCUT2D eigenvalue weighted by molar-refractivity contribution is 14.0. The normalized spacial score (nSPS) is 21.8. The zero-order valence-corrected chi connectivity index (χ0v) is 17.9. The highest BCUT2D eigenvalue weighted by Gasteiger charge is 2.24. The van der Waals surface area contributed by atoms with Gasteiger partial charge in [-0.25, -0.2) is 0 Å². The SMILES string of the molecule is CCN(CC)CCCCNC(=NC)NC1CCC(SC)C1.I. The second kappa shape index (κ2) is 13.7. The lowest BCUT2D eigenvalue weighted by Crippen LogP contribution is -2.43. The predicted molar refractivity (Wildman–Crippen MR) is 112 cm³/mol. The average molecular weight is 442 g/mol. The summed E-state index contributed by atoms with van der Waals surface area (Å²) in [5.74, 6) is 0.976. The lowest BCUT2D eigenvalue weighted by molar-refractivity contribution is 0.297. The molecule has 0 bridgehead atoms. The summed E-state index contributed by atoms with van der Waals surface area (Å²) >= 11 is 2.00. The number of hydrogen-bond acceptors (Lipinski definition) is 3. The van der Waals surface area contributed by atoms with Gasteiger partial charge in [0.2, 0.25) is 0 Å². The van der Waals surface area contributed by atoms with Gasteiger partial charge in [0.05, 0.1) is 0 Å². The number of nitrogens with one attached hydrogen (secondary N) is 2. The van der Waals surface area contributed by atoms with Crippen LogP contribution in [0.25, 0.3) is 0 Å². The van der Waals surface area contributed by atoms with Crippen LogP contribution in [-0.2, 0) is 0 Å². The molecule has 1 aliphatic rings. The summed E-state index contributed by atoms with van der Waals surface area (Å²) in [6, 6.07) is 0.601. The van der Waals surface area contributed by atoms with Gasteiger partial charge in [-0.15, -0.1) is 24.0 Å². The minimum absolute atomic E-state index is 0. The van der Waals surface area contributed by atoms with E-state index in [1.165, 1.54) is 38.6 Å². The molecular formula is C16H35IN4S. The number of hydrogen-bond donors (Lipinski definition) is 2. The van der Waals surface area contributed by atoms with Crippen LogP contribution < -0.4 is 10.6 Å². The van der Waals surface area contributed by atoms with Crippen molar-refractivity contribution < 1.29 is 0 Å². The summed E-state index contributed by atoms with van der Waals surface area (Å²) in [7, 11) is 1.87. The summed E-state index contributed by atoms with van der Waals surface area (Å²) in [5.41, 5.74) is 0. The number of thioether (sulfide) groups is 1. The fourth-order valence-electron chi connectivity index (χ4n) is 2.88. The molecule has 1 fully saturated rings. The minimum Gasteiger partial charge on any atom is -0.356 e. The molecule has 1 aliphatic carbocycles. The lowest BCUT2D eigenvalue weighted by atomic mass is 10.2. The Balaban J connectivity index is 0.00000441. The monoisotopic (exact) mass is 442 g/mol. The van der Waals surface area contributed by atoms with Gasteiger partial charge < -0.3 is 15.5 Å². The summed E-state index contributed by atoms with van der Waals surface area (Å²) in [6.45, 7) is 9.00. The van der Waals surface area contributed by atoms with Crippen LogP contribution in [0.2, 0.25) is 0 Å². The van der Waals surface area contributed by atoms with Crippen LogP contribution in [0.1, 0.15) is 46.0 Å². The van der Waals surface area contributed by atoms with Crippen molar-refractivity contribution in [2.45, 2.75) is 57.2 Å². The molecule has 0 radical (unpaired) electrons. The van der Waals surface area contributed by atoms with Crippen molar-refractivity contribution in [1.29, 1.82) is 0 Å². The summed E-state index contributed by atoms with van der Waals surface area (Å²) in [5, 5.41) is 7.85. The third kappa shape index (κ3) is 8.82. The molecule has 1 saturated carbocycles. The zero-order chi connectivity index (χ0) is 15.5. The number of unbranched alkanes of at least 4 members (excludes halogenated alkanes) is 1. The molecule has 2 unspecified atom stereocenters. The van der Waals surface area contributed by atoms with E-state index in [1.54, 1.807) is 0 Å². The van der Waals surface area contributed by atoms with Crippen LogP contribution in [0, 0.1) is 0 Å². The number of aliphatic imine (C=N–C) groups is 1. The summed E-state index contributed by atoms with van der Waals surface area (Å²) in [4.78, 5) is 6.83. The van der Waals surface area contributed by atoms with Crippen molar-refractivity contribution in [2.75, 3.05) is 39.5 Å². The molecule has 6 heteroatoms. The third-order valence-corrected chi connectivity index (χ3v) is 5.47. The number of rotatable bonds is 9. The predicted octanol–water partition coefficient (Wildman–Crippen LogP) is 3.18. The molecule has 2 N–H and O–H groups in total. The van der Waals surface area contributed by atoms with E-state index in [0.717, 1.165) is 30.8 Å². The lowest BCUT2D eigenvalue weighted by Gasteiger charge is -2.19. The first-order valence-corrected chi connectivity index (χ1v) is 9.74. The molecule has 22 heavy (non-hydrogen) atoms. The number of guanidine groups is 1. The van der Waals surface area contributed by atoms with Gasteiger partial charge in [0, 0.05) is 24.9 Å². The Bertz CT molecular complexity index is 298. The first-order chi connectivity index (χ1) is 10.2. The Labute approximate surface area is 158 Å². The van der Waals surface area contributed by atoms with Crippen molar-refractivity contribution >= 4 is 41.7 Å². The molecule has 0 aromatic rings. The highest BCUT2D eigenvalue weighted by Crippen LogP contribution is 2.27. The Morgan fingerprint density at radius 1 is 1.23 bits per heavy atom. The minimum atomic E-state index is 0. The van der Waals surface area contributed by atoms with Crippen molar-refractivity contribution in [1.82, 2.24) is 15.5 Å². The van der Waals surface area contributed by atoms with E-state index in [4.69, 9.17) is 0 Å². The molecule has 0 aliphatic heterocycles. The van der Waals surface area contributed by atoms with Crippen LogP contribution in [0.4, 0.5) is 0 Å². The number of nitrogens with zero attached hydrogens (tertiary/aromatic N) is 2. The maximum atomic E-state index is 4.34. The third-order valence-electron chi connectivity index (χ3n) is 4.37. The van der Waals surface area contributed by atoms with Crippen molar-refractivity contribution in [2.24, 2.45) is 4.99 Å². The molecule has 0 amide bonds. The summed E-state index contributed by atoms with van der Waals surface area (Å²) in [6.07, 6.45) is 8.55. The highest BCUT2D eigenvalue weighted by atomic mass is 127. The van der Waals surface area contributed by atoms with E-state index < -0.39 is 0 Å². The van der Waals surface area contributed by atoms with Crippen LogP contribution in [0.5, 0.6) is 0 Å². The number of halogens is 1. The maximum absolute atomic E-state index is 4.34. The largest absolute Gasteiger partial charge is 0.356 e. The van der Waals surface area contributed by atoms with E-state index in [2.05, 4.69) is 40.6 Å². The van der Waals surface area contributed by atoms with Gasteiger partial charge in [-0.05, 0) is 58.0 Å². The van der Waals surface area contributed by atoms with E-state index in [9.17, 15) is 0 Å². The quantitative estimate of drug-likeness (QED) is 0.249. The van der Waals surface area contributed by atoms with Crippen LogP contribution in [0.3, 0.4) is 0 Å². The van der Waals surface area contributed by atoms with Crippen LogP contribution >= 0.6 is 35.7 Å². The molecule has 0 saturated heterocycles. The van der Waals surface area contributed by atoms with Gasteiger partial charge in [0.15, 0.2) is 5.96 Å². The molecule has 0 heterocycles. The van der Waals surface area contributed by atoms with E-state index in [0.29, 0.717) is 6.04 Å². The standard InChI is InChI=1S/C16H34N4S.HI/c1-5-20(6-2)12-8-7-11-18-16(17-3)19-14-9-10-15(13-14)21-4;/h14-15H,5-13H2,1-4H3,(H2,17,18,19);1H. The van der Waals surface area contributed by atoms with Gasteiger partial charge in [-0.2, -0.15) is 11.8 Å². The first kappa shape index (κ1) is 22.3. The van der Waals surface area contributed by atoms with Gasteiger partial charge in [-0.1, -0.05) is 13.8 Å². The van der Waals surface area contributed by atoms with E-state index in [1.807, 2.05) is 18.8 Å². The first-order valence-electron chi connectivity index (χ1n) is 8.45. The van der Waals surface area contributed by atoms with E-state index in [-0.39, 0.29) is 24.0 Å². The molecule has 0 aromatic carbocycles. The smallest absolute Gasteiger partial charge is 0.191 e. The van der Waals surface area contributed by atoms with Gasteiger partial charge in [0.1, 0.15) is 0 Å². The van der Waals surface area contributed by atoms with E-state index >= 15 is 0 Å². The molecule has 2 atom stereocenters. The Morgan fingerprint density at radius 2 is 1.95 bits per heavy atom. The second-order valence-corrected chi connectivity index (χ2v) is 6.88. The van der Waals surface area contributed by atoms with Crippen molar-refractivity contribution in [3.05, 3.63) is 0 Å². The van der Waals surface area contributed by atoms with Crippen LogP contribution in [-0.4, -0.2) is 61.6 Å². The van der Waals surface area contributed by atoms with Crippen molar-refractivity contribution in [3.63, 3.8) is 0 Å². The Hall–Kier alpha value is 0.310. The van der Waals surface area contributed by atoms with Crippen molar-refractivity contribution in [3.8, 4) is 0 Å². The molecule has 4 nitrogen and oxygen atoms in total. The maximum Gasteiger partial charge on any atom is 0.191 e. The van der Waals surface area contributed by atoms with Crippen LogP contribution in [0.15, 0.2) is 4.99 Å². The van der Waals surface area contributed by atoms with Gasteiger partial charge in [-0.3, -0.25) is 4.99 Å². The fourth-order valence-corrected chi connectivity index (χ4v) is 3.68. The molecule has 1 rings (SSSR count). The topological polar surface area (TPSA) is 39.7 Å². The summed E-state index contributed by atoms with van der Waals surface area (Å²) < 4.78 is 0. The second-order valence-electron chi connectivity index (χ2n) is 5.75. The Kier molecular flexibility index (Phi) is 13.9. The molecule has 0 spiro atoms.